The fourth-order valence-electron chi connectivity index (χ4n) is 4.84. The van der Waals surface area contributed by atoms with Crippen LogP contribution in [-0.2, 0) is 9.53 Å². The molecule has 1 aliphatic carbocycles. The van der Waals surface area contributed by atoms with Crippen LogP contribution in [-0.4, -0.2) is 53.7 Å². The van der Waals surface area contributed by atoms with Crippen molar-refractivity contribution in [3.05, 3.63) is 11.1 Å². The van der Waals surface area contributed by atoms with E-state index in [9.17, 15) is 9.59 Å². The van der Waals surface area contributed by atoms with Gasteiger partial charge in [-0.1, -0.05) is 13.8 Å². The molecule has 1 aromatic rings. The minimum absolute atomic E-state index is 0.0356. The lowest BCUT2D eigenvalue weighted by atomic mass is 9.57. The Balaban J connectivity index is 1.33. The third-order valence-corrected chi connectivity index (χ3v) is 7.18. The fourth-order valence-corrected chi connectivity index (χ4v) is 5.53. The van der Waals surface area contributed by atoms with E-state index in [-0.39, 0.29) is 35.4 Å². The van der Waals surface area contributed by atoms with Gasteiger partial charge in [-0.15, -0.1) is 11.3 Å². The molecule has 2 aliphatic heterocycles. The predicted octanol–water partition coefficient (Wildman–Crippen LogP) is 2.63. The maximum Gasteiger partial charge on any atom is 0.317 e. The summed E-state index contributed by atoms with van der Waals surface area (Å²) in [6.45, 7) is 8.16. The summed E-state index contributed by atoms with van der Waals surface area (Å²) < 4.78 is 5.81. The number of nitrogens with zero attached hydrogens (tertiary/aromatic N) is 2. The molecule has 3 heterocycles. The lowest BCUT2D eigenvalue weighted by molar-refractivity contribution is -0.121. The molecule has 148 valence electrons. The van der Waals surface area contributed by atoms with E-state index in [1.807, 2.05) is 12.3 Å². The van der Waals surface area contributed by atoms with Crippen LogP contribution in [0.2, 0.25) is 0 Å². The Bertz CT molecular complexity index is 734. The summed E-state index contributed by atoms with van der Waals surface area (Å²) in [6, 6.07) is 0.0889. The highest BCUT2D eigenvalue weighted by molar-refractivity contribution is 7.13. The summed E-state index contributed by atoms with van der Waals surface area (Å²) in [4.78, 5) is 31.5. The van der Waals surface area contributed by atoms with Crippen molar-refractivity contribution in [3.8, 4) is 0 Å². The number of ether oxygens (including phenoxy) is 1. The average molecular weight is 393 g/mol. The van der Waals surface area contributed by atoms with Crippen LogP contribution < -0.4 is 10.6 Å². The Hall–Kier alpha value is -1.67. The number of anilines is 1. The molecule has 3 amide bonds. The second-order valence-corrected chi connectivity index (χ2v) is 9.42. The van der Waals surface area contributed by atoms with Gasteiger partial charge in [0.15, 0.2) is 5.13 Å². The molecule has 2 N–H and O–H groups in total. The number of thiazole rings is 1. The molecule has 8 heteroatoms. The second-order valence-electron chi connectivity index (χ2n) is 8.56. The zero-order valence-corrected chi connectivity index (χ0v) is 17.0. The van der Waals surface area contributed by atoms with E-state index in [2.05, 4.69) is 29.5 Å². The Morgan fingerprint density at radius 3 is 2.93 bits per heavy atom. The van der Waals surface area contributed by atoms with E-state index in [0.29, 0.717) is 24.1 Å². The van der Waals surface area contributed by atoms with Crippen LogP contribution in [0.25, 0.3) is 0 Å². The summed E-state index contributed by atoms with van der Waals surface area (Å²) >= 11 is 1.43. The molecule has 3 aliphatic rings. The number of piperidine rings is 1. The van der Waals surface area contributed by atoms with Crippen LogP contribution in [0.1, 0.15) is 38.8 Å². The highest BCUT2D eigenvalue weighted by Gasteiger charge is 2.60. The van der Waals surface area contributed by atoms with Crippen molar-refractivity contribution in [2.75, 3.05) is 25.0 Å². The van der Waals surface area contributed by atoms with E-state index < -0.39 is 0 Å². The first-order chi connectivity index (χ1) is 12.9. The summed E-state index contributed by atoms with van der Waals surface area (Å²) in [5.74, 6) is 0.182. The van der Waals surface area contributed by atoms with Gasteiger partial charge in [-0.2, -0.15) is 0 Å². The van der Waals surface area contributed by atoms with Gasteiger partial charge in [0.2, 0.25) is 5.91 Å². The lowest BCUT2D eigenvalue weighted by Crippen LogP contribution is -2.68. The first kappa shape index (κ1) is 18.7. The normalized spacial score (nSPS) is 31.7. The molecular formula is C19H28N4O3S. The molecule has 3 fully saturated rings. The van der Waals surface area contributed by atoms with E-state index in [1.165, 1.54) is 11.3 Å². The van der Waals surface area contributed by atoms with Crippen LogP contribution in [0.15, 0.2) is 5.38 Å². The third kappa shape index (κ3) is 3.45. The number of likely N-dealkylation sites (tertiary alicyclic amines) is 1. The van der Waals surface area contributed by atoms with Crippen molar-refractivity contribution >= 4 is 28.4 Å². The number of fused-ring (bicyclic) bond motifs is 1. The first-order valence-electron chi connectivity index (χ1n) is 9.76. The van der Waals surface area contributed by atoms with Gasteiger partial charge in [-0.25, -0.2) is 9.78 Å². The Kier molecular flexibility index (Phi) is 4.88. The van der Waals surface area contributed by atoms with E-state index in [4.69, 9.17) is 4.74 Å². The Labute approximate surface area is 163 Å². The van der Waals surface area contributed by atoms with Crippen molar-refractivity contribution in [3.63, 3.8) is 0 Å². The van der Waals surface area contributed by atoms with Crippen molar-refractivity contribution in [2.45, 2.75) is 52.2 Å². The molecule has 0 spiro atoms. The molecular weight excluding hydrogens is 364 g/mol. The van der Waals surface area contributed by atoms with Crippen LogP contribution >= 0.6 is 11.3 Å². The van der Waals surface area contributed by atoms with Crippen LogP contribution in [0.4, 0.5) is 9.93 Å². The Morgan fingerprint density at radius 1 is 1.37 bits per heavy atom. The number of hydrogen-bond donors (Lipinski definition) is 2. The number of amides is 3. The van der Waals surface area contributed by atoms with Crippen molar-refractivity contribution in [1.29, 1.82) is 0 Å². The zero-order chi connectivity index (χ0) is 19.2. The van der Waals surface area contributed by atoms with Crippen molar-refractivity contribution < 1.29 is 14.3 Å². The minimum atomic E-state index is -0.189. The summed E-state index contributed by atoms with van der Waals surface area (Å²) in [6.07, 6.45) is 2.90. The van der Waals surface area contributed by atoms with Gasteiger partial charge in [-0.05, 0) is 26.2 Å². The minimum Gasteiger partial charge on any atom is -0.377 e. The monoisotopic (exact) mass is 392 g/mol. The van der Waals surface area contributed by atoms with Gasteiger partial charge in [0.25, 0.3) is 0 Å². The number of carbonyl (C=O) groups is 2. The van der Waals surface area contributed by atoms with Gasteiger partial charge in [0.1, 0.15) is 0 Å². The number of hydrogen-bond acceptors (Lipinski definition) is 5. The van der Waals surface area contributed by atoms with Gasteiger partial charge < -0.3 is 20.3 Å². The summed E-state index contributed by atoms with van der Waals surface area (Å²) in [5.41, 5.74) is 0.865. The molecule has 27 heavy (non-hydrogen) atoms. The number of aromatic nitrogens is 1. The molecule has 4 atom stereocenters. The second kappa shape index (κ2) is 7.05. The maximum absolute atomic E-state index is 12.8. The first-order valence-corrected chi connectivity index (χ1v) is 10.6. The van der Waals surface area contributed by atoms with Crippen LogP contribution in [0, 0.1) is 24.2 Å². The van der Waals surface area contributed by atoms with E-state index >= 15 is 0 Å². The molecule has 4 rings (SSSR count). The number of nitrogens with one attached hydrogen (secondary N) is 2. The molecule has 2 saturated heterocycles. The number of aryl methyl sites for hydroxylation is 1. The van der Waals surface area contributed by atoms with Crippen LogP contribution in [0.3, 0.4) is 0 Å². The van der Waals surface area contributed by atoms with E-state index in [1.54, 1.807) is 4.90 Å². The Morgan fingerprint density at radius 2 is 2.19 bits per heavy atom. The molecule has 1 saturated carbocycles. The van der Waals surface area contributed by atoms with Gasteiger partial charge in [-0.3, -0.25) is 4.79 Å². The molecule has 7 nitrogen and oxygen atoms in total. The maximum atomic E-state index is 12.8. The topological polar surface area (TPSA) is 83.6 Å². The van der Waals surface area contributed by atoms with Crippen LogP contribution in [0.5, 0.6) is 0 Å². The fraction of sp³-hybridized carbons (Fsp3) is 0.737. The summed E-state index contributed by atoms with van der Waals surface area (Å²) in [5, 5.41) is 8.66. The SMILES string of the molecule is Cc1csc(NC(=O)[C@@H]2CCCN(C(=O)N[C@@H]3[C@H]4CCO[C@H]4C3(C)C)C2)n1. The summed E-state index contributed by atoms with van der Waals surface area (Å²) in [7, 11) is 0. The zero-order valence-electron chi connectivity index (χ0n) is 16.2. The average Bonchev–Trinajstić information content (AvgIpc) is 3.27. The lowest BCUT2D eigenvalue weighted by Gasteiger charge is -2.55. The van der Waals surface area contributed by atoms with Gasteiger partial charge in [0.05, 0.1) is 17.7 Å². The highest BCUT2D eigenvalue weighted by Crippen LogP contribution is 2.52. The molecule has 1 aromatic heterocycles. The largest absolute Gasteiger partial charge is 0.377 e. The smallest absolute Gasteiger partial charge is 0.317 e. The number of rotatable bonds is 3. The standard InChI is InChI=1S/C19H28N4O3S/c1-11-10-27-17(20-11)22-16(24)12-5-4-7-23(9-12)18(25)21-14-13-6-8-26-15(13)19(14,2)3/h10,12-15H,4-9H2,1-3H3,(H,21,25)(H,20,22,24)/t12-,13-,14-,15-/m1/s1. The van der Waals surface area contributed by atoms with Crippen molar-refractivity contribution in [2.24, 2.45) is 17.3 Å². The number of urea groups is 1. The molecule has 0 radical (unpaired) electrons. The highest BCUT2D eigenvalue weighted by atomic mass is 32.1. The molecule has 0 aromatic carbocycles. The van der Waals surface area contributed by atoms with Gasteiger partial charge in [0, 0.05) is 42.5 Å². The van der Waals surface area contributed by atoms with Gasteiger partial charge >= 0.3 is 6.03 Å². The quantitative estimate of drug-likeness (QED) is 0.828. The molecule has 0 unspecified atom stereocenters. The number of carbonyl (C=O) groups excluding carboxylic acids is 2. The van der Waals surface area contributed by atoms with E-state index in [0.717, 1.165) is 31.6 Å². The third-order valence-electron chi connectivity index (χ3n) is 6.31. The molecule has 0 bridgehead atoms. The predicted molar refractivity (Wildman–Crippen MR) is 104 cm³/mol. The van der Waals surface area contributed by atoms with Crippen molar-refractivity contribution in [1.82, 2.24) is 15.2 Å².